The van der Waals surface area contributed by atoms with E-state index in [0.717, 1.165) is 6.26 Å². The van der Waals surface area contributed by atoms with Crippen molar-refractivity contribution < 1.29 is 30.9 Å². The first kappa shape index (κ1) is 25.3. The van der Waals surface area contributed by atoms with Gasteiger partial charge in [0.05, 0.1) is 41.8 Å². The fraction of sp³-hybridized carbons (Fsp3) is 0.524. The van der Waals surface area contributed by atoms with E-state index in [0.29, 0.717) is 11.4 Å². The Hall–Kier alpha value is -2.28. The van der Waals surface area contributed by atoms with E-state index in [-0.39, 0.29) is 23.9 Å². The van der Waals surface area contributed by atoms with Gasteiger partial charge >= 0.3 is 6.09 Å². The van der Waals surface area contributed by atoms with Crippen molar-refractivity contribution in [2.24, 2.45) is 0 Å². The number of carbonyl (C=O) groups excluding carboxylic acids is 1. The second kappa shape index (κ2) is 9.16. The highest BCUT2D eigenvalue weighted by Crippen LogP contribution is 2.30. The van der Waals surface area contributed by atoms with Crippen LogP contribution in [0.4, 0.5) is 14.9 Å². The fourth-order valence-corrected chi connectivity index (χ4v) is 4.47. The van der Waals surface area contributed by atoms with E-state index in [4.69, 9.17) is 9.16 Å². The Morgan fingerprint density at radius 2 is 1.97 bits per heavy atom. The highest BCUT2D eigenvalue weighted by Gasteiger charge is 2.34. The minimum Gasteiger partial charge on any atom is -0.441 e. The number of imidazole rings is 1. The number of halogens is 1. The van der Waals surface area contributed by atoms with Crippen LogP contribution in [0.3, 0.4) is 0 Å². The summed E-state index contributed by atoms with van der Waals surface area (Å²) in [4.78, 5) is 17.8. The van der Waals surface area contributed by atoms with Crippen LogP contribution in [0, 0.1) is 5.82 Å². The molecule has 1 aliphatic heterocycles. The highest BCUT2D eigenvalue weighted by molar-refractivity contribution is 7.85. The lowest BCUT2D eigenvalue weighted by Gasteiger charge is -2.28. The van der Waals surface area contributed by atoms with Crippen LogP contribution in [0.5, 0.6) is 0 Å². The summed E-state index contributed by atoms with van der Waals surface area (Å²) in [5.74, 6) is -0.553. The molecule has 33 heavy (non-hydrogen) atoms. The first-order valence-electron chi connectivity index (χ1n) is 10.5. The van der Waals surface area contributed by atoms with Crippen molar-refractivity contribution in [3.05, 3.63) is 42.2 Å². The molecule has 2 aromatic rings. The summed E-state index contributed by atoms with van der Waals surface area (Å²) in [5.41, 5.74) is 0.664. The lowest BCUT2D eigenvalue weighted by molar-refractivity contribution is 0.105. The van der Waals surface area contributed by atoms with Crippen molar-refractivity contribution in [3.8, 4) is 5.69 Å². The van der Waals surface area contributed by atoms with Crippen molar-refractivity contribution in [1.29, 1.82) is 0 Å². The predicted molar refractivity (Wildman–Crippen MR) is 124 cm³/mol. The summed E-state index contributed by atoms with van der Waals surface area (Å²) in [6.07, 6.45) is 2.70. The van der Waals surface area contributed by atoms with E-state index < -0.39 is 43.5 Å². The molecule has 0 N–H and O–H groups in total. The second-order valence-electron chi connectivity index (χ2n) is 9.77. The number of carbonyl (C=O) groups is 1. The number of amides is 1. The maximum Gasteiger partial charge on any atom is 0.414 e. The molecule has 0 bridgehead atoms. The van der Waals surface area contributed by atoms with Gasteiger partial charge in [0.25, 0.3) is 10.1 Å². The molecule has 1 atom stereocenters. The number of cyclic esters (lactones) is 1. The molecular weight excluding hydrogens is 469 g/mol. The molecule has 182 valence electrons. The minimum atomic E-state index is -3.66. The number of benzene rings is 1. The predicted octanol–water partition coefficient (Wildman–Crippen LogP) is 2.87. The molecule has 2 heterocycles. The van der Waals surface area contributed by atoms with Crippen LogP contribution < -0.4 is 4.90 Å². The molecule has 1 fully saturated rings. The van der Waals surface area contributed by atoms with Gasteiger partial charge in [-0.2, -0.15) is 8.42 Å². The number of aromatic nitrogens is 2. The molecule has 0 radical (unpaired) electrons. The molecule has 0 saturated carbocycles. The van der Waals surface area contributed by atoms with Gasteiger partial charge in [-0.05, 0) is 37.1 Å². The second-order valence-corrected chi connectivity index (χ2v) is 14.1. The summed E-state index contributed by atoms with van der Waals surface area (Å²) in [6.45, 7) is 10.1. The van der Waals surface area contributed by atoms with Crippen molar-refractivity contribution in [2.45, 2.75) is 51.4 Å². The normalized spacial score (nSPS) is 17.8. The summed E-state index contributed by atoms with van der Waals surface area (Å²) >= 11 is 0. The van der Waals surface area contributed by atoms with Crippen LogP contribution >= 0.6 is 0 Å². The standard InChI is InChI=1S/C21H30FN3O6SSi/c1-20(2,3)33-31-21(4,5)18-11-24(13-23-18)17-8-7-14(9-16(17)22)25-10-15(30-19(25)26)12-29-32(6,27)28/h7-9,11,13,15H,10,12,33H2,1-6H3. The maximum absolute atomic E-state index is 15.0. The average Bonchev–Trinajstić information content (AvgIpc) is 3.31. The third-order valence-electron chi connectivity index (χ3n) is 4.93. The molecule has 1 aromatic heterocycles. The van der Waals surface area contributed by atoms with Crippen LogP contribution in [0.2, 0.25) is 5.04 Å². The van der Waals surface area contributed by atoms with Gasteiger partial charge in [-0.3, -0.25) is 9.08 Å². The van der Waals surface area contributed by atoms with Crippen molar-refractivity contribution in [2.75, 3.05) is 24.3 Å². The summed E-state index contributed by atoms with van der Waals surface area (Å²) in [5, 5.41) is 0.133. The van der Waals surface area contributed by atoms with Crippen LogP contribution in [-0.4, -0.2) is 59.3 Å². The smallest absolute Gasteiger partial charge is 0.414 e. The molecule has 9 nitrogen and oxygen atoms in total. The number of rotatable bonds is 8. The number of anilines is 1. The monoisotopic (exact) mass is 499 g/mol. The molecule has 0 aliphatic carbocycles. The van der Waals surface area contributed by atoms with Crippen LogP contribution in [0.15, 0.2) is 30.7 Å². The zero-order valence-electron chi connectivity index (χ0n) is 19.7. The molecule has 1 amide bonds. The molecule has 1 saturated heterocycles. The van der Waals surface area contributed by atoms with Gasteiger partial charge in [-0.15, -0.1) is 0 Å². The van der Waals surface area contributed by atoms with Gasteiger partial charge in [0.1, 0.15) is 18.5 Å². The zero-order valence-corrected chi connectivity index (χ0v) is 21.9. The number of nitrogens with zero attached hydrogens (tertiary/aromatic N) is 3. The third kappa shape index (κ3) is 6.62. The quantitative estimate of drug-likeness (QED) is 0.407. The van der Waals surface area contributed by atoms with Crippen molar-refractivity contribution in [1.82, 2.24) is 9.55 Å². The molecule has 1 unspecified atom stereocenters. The Morgan fingerprint density at radius 3 is 2.58 bits per heavy atom. The first-order valence-corrected chi connectivity index (χ1v) is 13.6. The number of hydrogen-bond donors (Lipinski definition) is 0. The van der Waals surface area contributed by atoms with Crippen LogP contribution in [0.1, 0.15) is 40.3 Å². The Labute approximate surface area is 195 Å². The molecule has 3 rings (SSSR count). The highest BCUT2D eigenvalue weighted by atomic mass is 32.2. The maximum atomic E-state index is 15.0. The molecule has 1 aromatic carbocycles. The largest absolute Gasteiger partial charge is 0.441 e. The van der Waals surface area contributed by atoms with Gasteiger partial charge in [0.15, 0.2) is 9.76 Å². The molecule has 1 aliphatic rings. The van der Waals surface area contributed by atoms with E-state index in [1.807, 2.05) is 13.8 Å². The minimum absolute atomic E-state index is 0.0472. The van der Waals surface area contributed by atoms with Gasteiger partial charge < -0.3 is 13.7 Å². The fourth-order valence-electron chi connectivity index (χ4n) is 3.13. The zero-order chi connectivity index (χ0) is 24.6. The Morgan fingerprint density at radius 1 is 1.27 bits per heavy atom. The third-order valence-corrected chi connectivity index (χ3v) is 7.22. The summed E-state index contributed by atoms with van der Waals surface area (Å²) in [7, 11) is -4.47. The van der Waals surface area contributed by atoms with E-state index in [9.17, 15) is 17.6 Å². The van der Waals surface area contributed by atoms with Crippen LogP contribution in [0.25, 0.3) is 5.69 Å². The van der Waals surface area contributed by atoms with Crippen LogP contribution in [-0.2, 0) is 29.1 Å². The molecular formula is C21H30FN3O6SSi. The molecule has 12 heteroatoms. The number of hydrogen-bond acceptors (Lipinski definition) is 7. The summed E-state index contributed by atoms with van der Waals surface area (Å²) < 4.78 is 54.8. The average molecular weight is 500 g/mol. The number of ether oxygens (including phenoxy) is 1. The van der Waals surface area contributed by atoms with Gasteiger partial charge in [-0.1, -0.05) is 20.8 Å². The van der Waals surface area contributed by atoms with Gasteiger partial charge in [0.2, 0.25) is 0 Å². The van der Waals surface area contributed by atoms with Gasteiger partial charge in [0, 0.05) is 6.20 Å². The first-order chi connectivity index (χ1) is 15.1. The van der Waals surface area contributed by atoms with Crippen molar-refractivity contribution >= 4 is 31.7 Å². The molecule has 0 spiro atoms. The van der Waals surface area contributed by atoms with E-state index in [1.54, 1.807) is 22.9 Å². The SMILES string of the molecule is CC(C)(C)[SiH2]OC(C)(C)c1cn(-c2ccc(N3CC(COS(C)(=O)=O)OC3=O)cc2F)cn1. The Kier molecular flexibility index (Phi) is 7.04. The lowest BCUT2D eigenvalue weighted by Crippen LogP contribution is -2.28. The van der Waals surface area contributed by atoms with E-state index in [1.165, 1.54) is 17.3 Å². The summed E-state index contributed by atoms with van der Waals surface area (Å²) in [6, 6.07) is 4.36. The Bertz CT molecular complexity index is 1130. The van der Waals surface area contributed by atoms with E-state index >= 15 is 0 Å². The lowest BCUT2D eigenvalue weighted by atomic mass is 10.1. The van der Waals surface area contributed by atoms with Crippen molar-refractivity contribution in [3.63, 3.8) is 0 Å². The van der Waals surface area contributed by atoms with E-state index in [2.05, 4.69) is 29.9 Å². The van der Waals surface area contributed by atoms with Gasteiger partial charge in [-0.25, -0.2) is 14.2 Å². The topological polar surface area (TPSA) is 100.0 Å². The Balaban J connectivity index is 1.73.